The molecule has 0 heterocycles. The van der Waals surface area contributed by atoms with Crippen molar-refractivity contribution in [2.75, 3.05) is 0 Å². The van der Waals surface area contributed by atoms with Crippen molar-refractivity contribution >= 4 is 34.1 Å². The van der Waals surface area contributed by atoms with Crippen LogP contribution < -0.4 is 4.74 Å². The molecule has 0 radical (unpaired) electrons. The van der Waals surface area contributed by atoms with Crippen molar-refractivity contribution < 1.29 is 19.6 Å². The van der Waals surface area contributed by atoms with E-state index >= 15 is 0 Å². The normalized spacial score (nSPS) is 11.1. The average molecular weight is 450 g/mol. The number of nitro groups is 1. The lowest BCUT2D eigenvalue weighted by Gasteiger charge is -2.13. The summed E-state index contributed by atoms with van der Waals surface area (Å²) in [5.74, 6) is -0.489. The molecular formula is C27H18N2O5. The zero-order valence-electron chi connectivity index (χ0n) is 17.8. The molecule has 1 N–H and O–H groups in total. The van der Waals surface area contributed by atoms with E-state index in [-0.39, 0.29) is 17.9 Å². The Morgan fingerprint density at radius 3 is 2.29 bits per heavy atom. The summed E-state index contributed by atoms with van der Waals surface area (Å²) in [5.41, 5.74) is 2.55. The molecule has 0 unspecified atom stereocenters. The third kappa shape index (κ3) is 4.76. The Hall–Kier alpha value is -4.96. The summed E-state index contributed by atoms with van der Waals surface area (Å²) in [4.78, 5) is 21.6. The smallest absolute Gasteiger partial charge is 0.335 e. The van der Waals surface area contributed by atoms with Crippen molar-refractivity contribution in [1.29, 1.82) is 5.26 Å². The van der Waals surface area contributed by atoms with Gasteiger partial charge in [0.2, 0.25) is 0 Å². The number of non-ortho nitro benzene ring substituents is 1. The molecule has 0 aliphatic carbocycles. The largest absolute Gasteiger partial charge is 0.488 e. The predicted molar refractivity (Wildman–Crippen MR) is 128 cm³/mol. The third-order valence-electron chi connectivity index (χ3n) is 5.32. The minimum atomic E-state index is -1.04. The van der Waals surface area contributed by atoms with Gasteiger partial charge in [-0.25, -0.2) is 4.79 Å². The maximum Gasteiger partial charge on any atom is 0.335 e. The summed E-state index contributed by atoms with van der Waals surface area (Å²) in [7, 11) is 0. The van der Waals surface area contributed by atoms with Gasteiger partial charge in [-0.15, -0.1) is 0 Å². The van der Waals surface area contributed by atoms with Gasteiger partial charge in [0.25, 0.3) is 5.69 Å². The molecule has 34 heavy (non-hydrogen) atoms. The number of rotatable bonds is 7. The minimum Gasteiger partial charge on any atom is -0.488 e. The van der Waals surface area contributed by atoms with Gasteiger partial charge in [0.15, 0.2) is 0 Å². The molecule has 0 bridgehead atoms. The first kappa shape index (κ1) is 22.2. The van der Waals surface area contributed by atoms with Crippen LogP contribution in [0.3, 0.4) is 0 Å². The molecule has 0 fully saturated rings. The number of aromatic carboxylic acids is 1. The van der Waals surface area contributed by atoms with Crippen LogP contribution in [0.15, 0.2) is 84.9 Å². The van der Waals surface area contributed by atoms with Gasteiger partial charge in [-0.2, -0.15) is 5.26 Å². The molecule has 0 aromatic heterocycles. The Kier molecular flexibility index (Phi) is 6.33. The summed E-state index contributed by atoms with van der Waals surface area (Å²) in [6, 6.07) is 25.9. The number of carbonyl (C=O) groups is 1. The first-order chi connectivity index (χ1) is 16.5. The summed E-state index contributed by atoms with van der Waals surface area (Å²) >= 11 is 0. The summed E-state index contributed by atoms with van der Waals surface area (Å²) in [5, 5.41) is 31.7. The zero-order chi connectivity index (χ0) is 24.1. The first-order valence-corrected chi connectivity index (χ1v) is 10.3. The van der Waals surface area contributed by atoms with Crippen LogP contribution in [0.4, 0.5) is 5.69 Å². The fraction of sp³-hybridized carbons (Fsp3) is 0.0370. The minimum absolute atomic E-state index is 0.00524. The van der Waals surface area contributed by atoms with E-state index in [0.29, 0.717) is 22.4 Å². The van der Waals surface area contributed by atoms with E-state index in [1.807, 2.05) is 36.4 Å². The number of hydrogen-bond acceptors (Lipinski definition) is 5. The molecule has 0 atom stereocenters. The maximum atomic E-state index is 11.1. The van der Waals surface area contributed by atoms with Gasteiger partial charge in [0, 0.05) is 17.7 Å². The number of benzene rings is 4. The highest BCUT2D eigenvalue weighted by molar-refractivity contribution is 6.00. The Bertz CT molecular complexity index is 1450. The average Bonchev–Trinajstić information content (AvgIpc) is 2.86. The lowest BCUT2D eigenvalue weighted by Crippen LogP contribution is -1.98. The van der Waals surface area contributed by atoms with Crippen LogP contribution in [-0.2, 0) is 6.61 Å². The molecule has 0 aliphatic rings. The van der Waals surface area contributed by atoms with E-state index in [2.05, 4.69) is 6.07 Å². The number of fused-ring (bicyclic) bond motifs is 1. The molecule has 0 aliphatic heterocycles. The van der Waals surface area contributed by atoms with E-state index in [4.69, 9.17) is 9.84 Å². The maximum absolute atomic E-state index is 11.1. The van der Waals surface area contributed by atoms with Crippen LogP contribution in [-0.4, -0.2) is 16.0 Å². The van der Waals surface area contributed by atoms with Crippen LogP contribution in [0.2, 0.25) is 0 Å². The lowest BCUT2D eigenvalue weighted by molar-refractivity contribution is -0.384. The van der Waals surface area contributed by atoms with Crippen LogP contribution in [0.1, 0.15) is 27.0 Å². The molecule has 0 spiro atoms. The van der Waals surface area contributed by atoms with Gasteiger partial charge >= 0.3 is 5.97 Å². The number of nitro benzene ring substituents is 1. The van der Waals surface area contributed by atoms with Gasteiger partial charge in [0.05, 0.1) is 22.1 Å². The molecule has 0 saturated carbocycles. The number of carboxylic acids is 1. The highest BCUT2D eigenvalue weighted by atomic mass is 16.6. The Labute approximate surface area is 194 Å². The fourth-order valence-corrected chi connectivity index (χ4v) is 3.54. The first-order valence-electron chi connectivity index (χ1n) is 10.3. The van der Waals surface area contributed by atoms with Crippen LogP contribution in [0.5, 0.6) is 5.75 Å². The Balaban J connectivity index is 1.72. The number of nitrogens with zero attached hydrogens (tertiary/aromatic N) is 2. The van der Waals surface area contributed by atoms with E-state index in [0.717, 1.165) is 16.3 Å². The van der Waals surface area contributed by atoms with E-state index in [1.165, 1.54) is 24.3 Å². The lowest BCUT2D eigenvalue weighted by atomic mass is 9.98. The number of nitriles is 1. The van der Waals surface area contributed by atoms with Crippen molar-refractivity contribution in [3.8, 4) is 11.8 Å². The van der Waals surface area contributed by atoms with E-state index in [1.54, 1.807) is 30.3 Å². The molecule has 4 aromatic rings. The van der Waals surface area contributed by atoms with Crippen molar-refractivity contribution in [2.45, 2.75) is 6.61 Å². The van der Waals surface area contributed by atoms with Gasteiger partial charge < -0.3 is 9.84 Å². The second kappa shape index (κ2) is 9.67. The topological polar surface area (TPSA) is 113 Å². The number of allylic oxidation sites excluding steroid dienone is 1. The quantitative estimate of drug-likeness (QED) is 0.158. The number of carboxylic acid groups (broad SMARTS) is 1. The zero-order valence-corrected chi connectivity index (χ0v) is 17.8. The van der Waals surface area contributed by atoms with Crippen LogP contribution >= 0.6 is 0 Å². The van der Waals surface area contributed by atoms with Gasteiger partial charge in [-0.05, 0) is 58.3 Å². The summed E-state index contributed by atoms with van der Waals surface area (Å²) in [6.07, 6.45) is 1.73. The monoisotopic (exact) mass is 450 g/mol. The molecule has 7 heteroatoms. The second-order valence-corrected chi connectivity index (χ2v) is 7.46. The summed E-state index contributed by atoms with van der Waals surface area (Å²) < 4.78 is 6.06. The van der Waals surface area contributed by atoms with E-state index < -0.39 is 10.9 Å². The Morgan fingerprint density at radius 1 is 0.971 bits per heavy atom. The third-order valence-corrected chi connectivity index (χ3v) is 5.32. The fourth-order valence-electron chi connectivity index (χ4n) is 3.54. The van der Waals surface area contributed by atoms with Crippen molar-refractivity contribution in [1.82, 2.24) is 0 Å². The van der Waals surface area contributed by atoms with Crippen molar-refractivity contribution in [2.24, 2.45) is 0 Å². The molecule has 4 rings (SSSR count). The Morgan fingerprint density at radius 2 is 1.65 bits per heavy atom. The highest BCUT2D eigenvalue weighted by Gasteiger charge is 2.12. The molecule has 4 aromatic carbocycles. The number of ether oxygens (including phenoxy) is 1. The second-order valence-electron chi connectivity index (χ2n) is 7.46. The number of hydrogen-bond donors (Lipinski definition) is 1. The molecule has 7 nitrogen and oxygen atoms in total. The van der Waals surface area contributed by atoms with Crippen LogP contribution in [0, 0.1) is 21.4 Å². The molecular weight excluding hydrogens is 432 g/mol. The van der Waals surface area contributed by atoms with E-state index in [9.17, 15) is 20.2 Å². The SMILES string of the molecule is N#C/C(=C/c1c(OCc2ccc([N+](=O)[O-])cc2)ccc2ccccc12)c1ccc(C(=O)O)cc1. The molecule has 0 amide bonds. The summed E-state index contributed by atoms with van der Waals surface area (Å²) in [6.45, 7) is 0.187. The molecule has 0 saturated heterocycles. The predicted octanol–water partition coefficient (Wildman–Crippen LogP) is 6.09. The van der Waals surface area contributed by atoms with Crippen LogP contribution in [0.25, 0.3) is 22.4 Å². The highest BCUT2D eigenvalue weighted by Crippen LogP contribution is 2.32. The van der Waals surface area contributed by atoms with Gasteiger partial charge in [-0.3, -0.25) is 10.1 Å². The van der Waals surface area contributed by atoms with Gasteiger partial charge in [-0.1, -0.05) is 42.5 Å². The standard InChI is InChI=1S/C27H18N2O5/c28-16-22(19-7-9-21(10-8-19)27(30)31)15-25-24-4-2-1-3-20(24)11-14-26(25)34-17-18-5-12-23(13-6-18)29(32)33/h1-15H,17H2,(H,30,31)/b22-15-. The van der Waals surface area contributed by atoms with Gasteiger partial charge in [0.1, 0.15) is 12.4 Å². The van der Waals surface area contributed by atoms with Crippen molar-refractivity contribution in [3.05, 3.63) is 117 Å². The van der Waals surface area contributed by atoms with Crippen molar-refractivity contribution in [3.63, 3.8) is 0 Å². The molecule has 166 valence electrons.